The van der Waals surface area contributed by atoms with E-state index in [-0.39, 0.29) is 19.4 Å². The summed E-state index contributed by atoms with van der Waals surface area (Å²) in [7, 11) is 0. The van der Waals surface area contributed by atoms with Crippen molar-refractivity contribution in [3.63, 3.8) is 0 Å². The highest BCUT2D eigenvalue weighted by atomic mass is 16.7. The Kier molecular flexibility index (Phi) is 54.2. The van der Waals surface area contributed by atoms with Gasteiger partial charge >= 0.3 is 5.97 Å². The number of hydrogen-bond acceptors (Lipinski definition) is 10. The molecule has 0 aromatic rings. The van der Waals surface area contributed by atoms with Gasteiger partial charge in [-0.2, -0.15) is 0 Å². The van der Waals surface area contributed by atoms with Crippen molar-refractivity contribution >= 4 is 11.9 Å². The van der Waals surface area contributed by atoms with Crippen LogP contribution in [0.1, 0.15) is 278 Å². The molecule has 11 nitrogen and oxygen atoms in total. The van der Waals surface area contributed by atoms with Crippen LogP contribution >= 0.6 is 0 Å². The third-order valence-corrected chi connectivity index (χ3v) is 15.2. The average molecular weight is 1150 g/mol. The van der Waals surface area contributed by atoms with E-state index in [0.29, 0.717) is 12.8 Å². The van der Waals surface area contributed by atoms with Crippen molar-refractivity contribution in [1.82, 2.24) is 5.32 Å². The molecule has 1 rings (SSSR count). The molecule has 0 aromatic heterocycles. The molecule has 82 heavy (non-hydrogen) atoms. The number of amides is 1. The Morgan fingerprint density at radius 1 is 0.476 bits per heavy atom. The van der Waals surface area contributed by atoms with Gasteiger partial charge < -0.3 is 45.1 Å². The summed E-state index contributed by atoms with van der Waals surface area (Å²) in [6.45, 7) is 5.72. The summed E-state index contributed by atoms with van der Waals surface area (Å²) >= 11 is 0. The van der Waals surface area contributed by atoms with Gasteiger partial charge in [0.2, 0.25) is 5.91 Å². The van der Waals surface area contributed by atoms with Crippen molar-refractivity contribution < 1.29 is 49.3 Å². The summed E-state index contributed by atoms with van der Waals surface area (Å²) in [5.41, 5.74) is 0. The Hall–Kier alpha value is -3.42. The maximum atomic E-state index is 13.4. The van der Waals surface area contributed by atoms with E-state index in [1.54, 1.807) is 6.08 Å². The second-order valence-corrected chi connectivity index (χ2v) is 22.8. The first kappa shape index (κ1) is 76.6. The SMILES string of the molecule is CCCCC/C=C\C/C=C\C/C=C\C/C=C\CCCCC(O)C(=O)NC(COC1OC(CO)C(O)C(O)C1OC(=O)CCCCCCCCCCCC/C=C\C/C=C\C/C=C\CCCCC)C(O)/C=C/CCCCCCCCCCCC. The smallest absolute Gasteiger partial charge is 0.306 e. The molecule has 0 radical (unpaired) electrons. The molecule has 11 heteroatoms. The van der Waals surface area contributed by atoms with Crippen LogP contribution in [0.3, 0.4) is 0 Å². The third-order valence-electron chi connectivity index (χ3n) is 15.2. The van der Waals surface area contributed by atoms with Crippen LogP contribution < -0.4 is 5.32 Å². The zero-order valence-electron chi connectivity index (χ0n) is 52.3. The molecule has 1 amide bonds. The molecule has 0 aromatic carbocycles. The normalized spacial score (nSPS) is 19.2. The summed E-state index contributed by atoms with van der Waals surface area (Å²) in [5.74, 6) is -1.23. The van der Waals surface area contributed by atoms with E-state index >= 15 is 0 Å². The van der Waals surface area contributed by atoms with Crippen LogP contribution in [0.2, 0.25) is 0 Å². The lowest BCUT2D eigenvalue weighted by Crippen LogP contribution is -2.61. The van der Waals surface area contributed by atoms with Crippen LogP contribution in [0.25, 0.3) is 0 Å². The number of esters is 1. The first-order valence-electron chi connectivity index (χ1n) is 33.5. The van der Waals surface area contributed by atoms with E-state index in [2.05, 4.69) is 111 Å². The fraction of sp³-hybridized carbons (Fsp3) is 0.746. The van der Waals surface area contributed by atoms with Crippen LogP contribution in [-0.4, -0.2) is 99.6 Å². The van der Waals surface area contributed by atoms with Crippen molar-refractivity contribution in [3.05, 3.63) is 97.2 Å². The van der Waals surface area contributed by atoms with Crippen LogP contribution in [0.15, 0.2) is 97.2 Å². The lowest BCUT2D eigenvalue weighted by atomic mass is 9.99. The Bertz CT molecular complexity index is 1700. The maximum absolute atomic E-state index is 13.4. The Labute approximate surface area is 501 Å². The largest absolute Gasteiger partial charge is 0.454 e. The number of unbranched alkanes of at least 4 members (excludes halogenated alkanes) is 28. The topological polar surface area (TPSA) is 175 Å². The molecule has 6 N–H and O–H groups in total. The number of ether oxygens (including phenoxy) is 3. The van der Waals surface area contributed by atoms with Gasteiger partial charge in [-0.1, -0.05) is 259 Å². The van der Waals surface area contributed by atoms with Gasteiger partial charge in [-0.05, 0) is 109 Å². The number of hydrogen-bond donors (Lipinski definition) is 6. The number of nitrogens with one attached hydrogen (secondary N) is 1. The Morgan fingerprint density at radius 2 is 0.841 bits per heavy atom. The molecular formula is C71H123NO10. The van der Waals surface area contributed by atoms with E-state index in [4.69, 9.17) is 14.2 Å². The molecule has 0 spiro atoms. The van der Waals surface area contributed by atoms with E-state index in [1.165, 1.54) is 122 Å². The fourth-order valence-corrected chi connectivity index (χ4v) is 9.88. The highest BCUT2D eigenvalue weighted by Crippen LogP contribution is 2.26. The number of carbonyl (C=O) groups excluding carboxylic acids is 2. The lowest BCUT2D eigenvalue weighted by molar-refractivity contribution is -0.305. The van der Waals surface area contributed by atoms with Crippen LogP contribution in [0, 0.1) is 0 Å². The highest BCUT2D eigenvalue weighted by Gasteiger charge is 2.47. The minimum Gasteiger partial charge on any atom is -0.454 e. The second kappa shape index (κ2) is 58.0. The van der Waals surface area contributed by atoms with Gasteiger partial charge in [0.05, 0.1) is 25.4 Å². The number of aliphatic hydroxyl groups excluding tert-OH is 5. The highest BCUT2D eigenvalue weighted by molar-refractivity contribution is 5.80. The van der Waals surface area contributed by atoms with Crippen LogP contribution in [-0.2, 0) is 23.8 Å². The monoisotopic (exact) mass is 1150 g/mol. The minimum absolute atomic E-state index is 0.111. The molecule has 1 heterocycles. The van der Waals surface area contributed by atoms with E-state index < -0.39 is 67.4 Å². The lowest BCUT2D eigenvalue weighted by Gasteiger charge is -2.41. The zero-order chi connectivity index (χ0) is 59.6. The van der Waals surface area contributed by atoms with Gasteiger partial charge in [0.15, 0.2) is 12.4 Å². The summed E-state index contributed by atoms with van der Waals surface area (Å²) < 4.78 is 17.6. The van der Waals surface area contributed by atoms with E-state index in [9.17, 15) is 35.1 Å². The summed E-state index contributed by atoms with van der Waals surface area (Å²) in [5, 5.41) is 57.1. The predicted molar refractivity (Wildman–Crippen MR) is 342 cm³/mol. The van der Waals surface area contributed by atoms with Gasteiger partial charge in [-0.25, -0.2) is 0 Å². The molecule has 1 fully saturated rings. The summed E-state index contributed by atoms with van der Waals surface area (Å²) in [6, 6.07) is -1.05. The molecular weight excluding hydrogens is 1030 g/mol. The molecule has 1 aliphatic heterocycles. The minimum atomic E-state index is -1.63. The van der Waals surface area contributed by atoms with Gasteiger partial charge in [-0.15, -0.1) is 0 Å². The Balaban J connectivity index is 2.65. The van der Waals surface area contributed by atoms with Crippen molar-refractivity contribution in [1.29, 1.82) is 0 Å². The standard InChI is InChI=1S/C71H123NO10/c1-4-7-10-13-16-19-22-25-27-29-31-32-33-34-35-37-39-41-44-47-50-53-56-59-66(76)82-69-68(78)67(77)65(60-73)81-71(69)80-61-62(63(74)57-54-51-48-45-42-24-21-18-15-12-9-6-3)72-70(79)64(75)58-55-52-49-46-43-40-38-36-30-28-26-23-20-17-14-11-8-5-2/h16-17,19-20,25-28,31-32,36,38,43,46,54,57,62-65,67-69,71,73-75,77-78H,4-15,18,21-24,29-30,33-35,37,39-42,44-45,47-53,55-56,58-61H2,1-3H3,(H,72,79)/b19-16-,20-17-,27-25-,28-26-,32-31-,38-36-,46-43-,57-54+. The summed E-state index contributed by atoms with van der Waals surface area (Å²) in [4.78, 5) is 26.6. The maximum Gasteiger partial charge on any atom is 0.306 e. The first-order chi connectivity index (χ1) is 40.2. The van der Waals surface area contributed by atoms with Gasteiger partial charge in [0, 0.05) is 6.42 Å². The fourth-order valence-electron chi connectivity index (χ4n) is 9.88. The summed E-state index contributed by atoms with van der Waals surface area (Å²) in [6.07, 6.45) is 67.2. The number of allylic oxidation sites excluding steroid dienone is 15. The number of carbonyl (C=O) groups is 2. The number of aliphatic hydroxyl groups is 5. The van der Waals surface area contributed by atoms with Crippen LogP contribution in [0.4, 0.5) is 0 Å². The van der Waals surface area contributed by atoms with Gasteiger partial charge in [-0.3, -0.25) is 9.59 Å². The van der Waals surface area contributed by atoms with Crippen LogP contribution in [0.5, 0.6) is 0 Å². The molecule has 1 aliphatic rings. The van der Waals surface area contributed by atoms with Crippen molar-refractivity contribution in [3.8, 4) is 0 Å². The average Bonchev–Trinajstić information content (AvgIpc) is 3.68. The molecule has 472 valence electrons. The Morgan fingerprint density at radius 3 is 1.28 bits per heavy atom. The molecule has 8 atom stereocenters. The van der Waals surface area contributed by atoms with Gasteiger partial charge in [0.25, 0.3) is 0 Å². The molecule has 0 bridgehead atoms. The third kappa shape index (κ3) is 45.0. The number of rotatable bonds is 56. The van der Waals surface area contributed by atoms with E-state index in [1.807, 2.05) is 6.08 Å². The first-order valence-corrected chi connectivity index (χ1v) is 33.5. The van der Waals surface area contributed by atoms with E-state index in [0.717, 1.165) is 109 Å². The predicted octanol–water partition coefficient (Wildman–Crippen LogP) is 16.7. The van der Waals surface area contributed by atoms with Crippen molar-refractivity contribution in [2.24, 2.45) is 0 Å². The quantitative estimate of drug-likeness (QED) is 0.0195. The zero-order valence-corrected chi connectivity index (χ0v) is 52.3. The van der Waals surface area contributed by atoms with Crippen molar-refractivity contribution in [2.75, 3.05) is 13.2 Å². The second-order valence-electron chi connectivity index (χ2n) is 22.8. The molecule has 0 saturated carbocycles. The van der Waals surface area contributed by atoms with Gasteiger partial charge in [0.1, 0.15) is 24.4 Å². The molecule has 8 unspecified atom stereocenters. The molecule has 1 saturated heterocycles. The molecule has 0 aliphatic carbocycles. The van der Waals surface area contributed by atoms with Crippen molar-refractivity contribution in [2.45, 2.75) is 327 Å².